The van der Waals surface area contributed by atoms with Crippen LogP contribution in [0.2, 0.25) is 0 Å². The fraction of sp³-hybridized carbons (Fsp3) is 0.500. The van der Waals surface area contributed by atoms with Gasteiger partial charge in [0.25, 0.3) is 5.56 Å². The molecule has 1 aliphatic carbocycles. The van der Waals surface area contributed by atoms with Gasteiger partial charge in [0.05, 0.1) is 5.69 Å². The van der Waals surface area contributed by atoms with Crippen molar-refractivity contribution < 1.29 is 4.79 Å². The van der Waals surface area contributed by atoms with E-state index < -0.39 is 0 Å². The standard InChI is InChI=1S/C16H21N5O2/c1-4-5-11-8-14(22)19-16(17-11)21-13(7-10(3)20-21)18-15(23)12-6-9(12)2/h7-9,12H,4-6H2,1-3H3,(H,18,23)(H,17,19,22). The summed E-state index contributed by atoms with van der Waals surface area (Å²) in [7, 11) is 0. The first-order chi connectivity index (χ1) is 11.0. The Morgan fingerprint density at radius 1 is 1.48 bits per heavy atom. The van der Waals surface area contributed by atoms with Gasteiger partial charge in [-0.05, 0) is 25.7 Å². The Labute approximate surface area is 134 Å². The van der Waals surface area contributed by atoms with Gasteiger partial charge in [0, 0.05) is 23.7 Å². The smallest absolute Gasteiger partial charge is 0.252 e. The van der Waals surface area contributed by atoms with Gasteiger partial charge in [-0.15, -0.1) is 0 Å². The topological polar surface area (TPSA) is 92.7 Å². The highest BCUT2D eigenvalue weighted by molar-refractivity contribution is 5.93. The van der Waals surface area contributed by atoms with Gasteiger partial charge in [0.2, 0.25) is 11.9 Å². The Morgan fingerprint density at radius 3 is 2.87 bits per heavy atom. The van der Waals surface area contributed by atoms with Crippen LogP contribution in [0, 0.1) is 18.8 Å². The highest BCUT2D eigenvalue weighted by atomic mass is 16.2. The minimum atomic E-state index is -0.223. The van der Waals surface area contributed by atoms with Crippen LogP contribution in [-0.2, 0) is 11.2 Å². The average Bonchev–Trinajstić information content (AvgIpc) is 3.10. The number of nitrogens with zero attached hydrogens (tertiary/aromatic N) is 3. The number of aryl methyl sites for hydroxylation is 2. The van der Waals surface area contributed by atoms with Gasteiger partial charge in [-0.3, -0.25) is 14.6 Å². The first-order valence-electron chi connectivity index (χ1n) is 7.96. The highest BCUT2D eigenvalue weighted by Gasteiger charge is 2.39. The number of hydrogen-bond donors (Lipinski definition) is 2. The van der Waals surface area contributed by atoms with Crippen LogP contribution in [0.4, 0.5) is 5.82 Å². The molecule has 1 fully saturated rings. The van der Waals surface area contributed by atoms with E-state index in [0.717, 1.165) is 25.0 Å². The monoisotopic (exact) mass is 315 g/mol. The van der Waals surface area contributed by atoms with E-state index in [2.05, 4.69) is 27.3 Å². The van der Waals surface area contributed by atoms with Gasteiger partial charge < -0.3 is 5.32 Å². The number of aromatic amines is 1. The molecule has 0 radical (unpaired) electrons. The van der Waals surface area contributed by atoms with Gasteiger partial charge in [0.15, 0.2) is 0 Å². The normalized spacial score (nSPS) is 19.6. The molecule has 0 saturated heterocycles. The van der Waals surface area contributed by atoms with Crippen LogP contribution in [0.5, 0.6) is 0 Å². The summed E-state index contributed by atoms with van der Waals surface area (Å²) in [6, 6.07) is 3.27. The second-order valence-corrected chi connectivity index (χ2v) is 6.20. The van der Waals surface area contributed by atoms with E-state index in [9.17, 15) is 9.59 Å². The second-order valence-electron chi connectivity index (χ2n) is 6.20. The first kappa shape index (κ1) is 15.5. The van der Waals surface area contributed by atoms with Gasteiger partial charge in [-0.1, -0.05) is 20.3 Å². The van der Waals surface area contributed by atoms with E-state index in [1.54, 1.807) is 6.07 Å². The summed E-state index contributed by atoms with van der Waals surface area (Å²) in [5.41, 5.74) is 1.24. The molecule has 7 heteroatoms. The van der Waals surface area contributed by atoms with Crippen LogP contribution in [0.1, 0.15) is 38.1 Å². The number of anilines is 1. The SMILES string of the molecule is CCCc1cc(=O)[nH]c(-n2nc(C)cc2NC(=O)C2CC2C)n1. The third kappa shape index (κ3) is 3.33. The number of hydrogen-bond acceptors (Lipinski definition) is 4. The molecule has 3 rings (SSSR count). The first-order valence-corrected chi connectivity index (χ1v) is 7.96. The quantitative estimate of drug-likeness (QED) is 0.880. The maximum atomic E-state index is 12.2. The number of H-pyrrole nitrogens is 1. The Hall–Kier alpha value is -2.44. The molecule has 2 aromatic heterocycles. The zero-order valence-corrected chi connectivity index (χ0v) is 13.6. The Balaban J connectivity index is 1.93. The number of nitrogens with one attached hydrogen (secondary N) is 2. The van der Waals surface area contributed by atoms with E-state index >= 15 is 0 Å². The lowest BCUT2D eigenvalue weighted by Crippen LogP contribution is -2.20. The minimum absolute atomic E-state index is 0.00860. The number of carbonyl (C=O) groups is 1. The van der Waals surface area contributed by atoms with Crippen molar-refractivity contribution in [3.05, 3.63) is 33.9 Å². The van der Waals surface area contributed by atoms with Crippen molar-refractivity contribution in [2.75, 3.05) is 5.32 Å². The van der Waals surface area contributed by atoms with E-state index in [1.807, 2.05) is 13.8 Å². The molecule has 0 spiro atoms. The molecule has 0 bridgehead atoms. The molecule has 2 N–H and O–H groups in total. The molecule has 1 aliphatic rings. The molecule has 2 heterocycles. The van der Waals surface area contributed by atoms with Gasteiger partial charge in [-0.2, -0.15) is 9.78 Å². The summed E-state index contributed by atoms with van der Waals surface area (Å²) in [6.07, 6.45) is 2.54. The fourth-order valence-corrected chi connectivity index (χ4v) is 2.63. The molecule has 23 heavy (non-hydrogen) atoms. The van der Waals surface area contributed by atoms with Crippen molar-refractivity contribution in [2.24, 2.45) is 11.8 Å². The van der Waals surface area contributed by atoms with Crippen LogP contribution in [-0.4, -0.2) is 25.7 Å². The number of rotatable bonds is 5. The molecule has 1 amide bonds. The maximum absolute atomic E-state index is 12.2. The minimum Gasteiger partial charge on any atom is -0.310 e. The molecule has 0 aliphatic heterocycles. The predicted octanol–water partition coefficient (Wildman–Crippen LogP) is 1.81. The van der Waals surface area contributed by atoms with E-state index in [1.165, 1.54) is 10.7 Å². The average molecular weight is 315 g/mol. The number of carbonyl (C=O) groups excluding carboxylic acids is 1. The number of amides is 1. The predicted molar refractivity (Wildman–Crippen MR) is 86.6 cm³/mol. The number of aromatic nitrogens is 4. The summed E-state index contributed by atoms with van der Waals surface area (Å²) in [5, 5.41) is 7.24. The Kier molecular flexibility index (Phi) is 4.02. The summed E-state index contributed by atoms with van der Waals surface area (Å²) in [6.45, 7) is 5.92. The lowest BCUT2D eigenvalue weighted by atomic mass is 10.2. The Morgan fingerprint density at radius 2 is 2.22 bits per heavy atom. The largest absolute Gasteiger partial charge is 0.310 e. The third-order valence-electron chi connectivity index (χ3n) is 4.02. The third-order valence-corrected chi connectivity index (χ3v) is 4.02. The van der Waals surface area contributed by atoms with Gasteiger partial charge >= 0.3 is 0 Å². The van der Waals surface area contributed by atoms with Gasteiger partial charge in [-0.25, -0.2) is 4.98 Å². The lowest BCUT2D eigenvalue weighted by Gasteiger charge is -2.08. The van der Waals surface area contributed by atoms with Crippen molar-refractivity contribution in [3.63, 3.8) is 0 Å². The summed E-state index contributed by atoms with van der Waals surface area (Å²) >= 11 is 0. The highest BCUT2D eigenvalue weighted by Crippen LogP contribution is 2.38. The van der Waals surface area contributed by atoms with Crippen molar-refractivity contribution >= 4 is 11.7 Å². The summed E-state index contributed by atoms with van der Waals surface area (Å²) in [4.78, 5) is 31.1. The summed E-state index contributed by atoms with van der Waals surface area (Å²) in [5.74, 6) is 1.35. The molecular formula is C16H21N5O2. The van der Waals surface area contributed by atoms with Crippen LogP contribution < -0.4 is 10.9 Å². The summed E-state index contributed by atoms with van der Waals surface area (Å²) < 4.78 is 1.49. The molecule has 0 aromatic carbocycles. The molecule has 2 aromatic rings. The van der Waals surface area contributed by atoms with E-state index in [-0.39, 0.29) is 17.4 Å². The van der Waals surface area contributed by atoms with Crippen molar-refractivity contribution in [3.8, 4) is 5.95 Å². The fourth-order valence-electron chi connectivity index (χ4n) is 2.63. The second kappa shape index (κ2) is 5.98. The molecule has 2 atom stereocenters. The molecule has 7 nitrogen and oxygen atoms in total. The van der Waals surface area contributed by atoms with Crippen molar-refractivity contribution in [1.29, 1.82) is 0 Å². The zero-order chi connectivity index (χ0) is 16.6. The molecule has 122 valence electrons. The molecular weight excluding hydrogens is 294 g/mol. The van der Waals surface area contributed by atoms with Crippen LogP contribution in [0.25, 0.3) is 5.95 Å². The Bertz CT molecular complexity index is 792. The van der Waals surface area contributed by atoms with Crippen molar-refractivity contribution in [1.82, 2.24) is 19.7 Å². The van der Waals surface area contributed by atoms with Crippen LogP contribution >= 0.6 is 0 Å². The molecule has 1 saturated carbocycles. The zero-order valence-electron chi connectivity index (χ0n) is 13.6. The van der Waals surface area contributed by atoms with Gasteiger partial charge in [0.1, 0.15) is 5.82 Å². The van der Waals surface area contributed by atoms with Crippen LogP contribution in [0.3, 0.4) is 0 Å². The maximum Gasteiger partial charge on any atom is 0.252 e. The van der Waals surface area contributed by atoms with Crippen molar-refractivity contribution in [2.45, 2.75) is 40.0 Å². The van der Waals surface area contributed by atoms with E-state index in [4.69, 9.17) is 0 Å². The molecule has 2 unspecified atom stereocenters. The lowest BCUT2D eigenvalue weighted by molar-refractivity contribution is -0.117. The van der Waals surface area contributed by atoms with E-state index in [0.29, 0.717) is 23.4 Å². The van der Waals surface area contributed by atoms with Crippen LogP contribution in [0.15, 0.2) is 16.9 Å².